The molecule has 116 valence electrons. The van der Waals surface area contributed by atoms with E-state index >= 15 is 0 Å². The summed E-state index contributed by atoms with van der Waals surface area (Å²) in [6.07, 6.45) is 2.84. The molecule has 0 fully saturated rings. The van der Waals surface area contributed by atoms with Gasteiger partial charge in [0.1, 0.15) is 5.75 Å². The minimum absolute atomic E-state index is 0.649. The predicted octanol–water partition coefficient (Wildman–Crippen LogP) is 5.15. The monoisotopic (exact) mass is 335 g/mol. The van der Waals surface area contributed by atoms with E-state index in [9.17, 15) is 0 Å². The molecule has 0 radical (unpaired) electrons. The summed E-state index contributed by atoms with van der Waals surface area (Å²) in [5.41, 5.74) is 3.37. The molecule has 0 aliphatic rings. The second kappa shape index (κ2) is 7.57. The van der Waals surface area contributed by atoms with Crippen molar-refractivity contribution in [1.29, 1.82) is 0 Å². The highest BCUT2D eigenvalue weighted by Gasteiger charge is 2.08. The Labute approximate surface area is 141 Å². The maximum atomic E-state index is 6.30. The van der Waals surface area contributed by atoms with Gasteiger partial charge in [-0.15, -0.1) is 0 Å². The van der Waals surface area contributed by atoms with Gasteiger partial charge < -0.3 is 9.64 Å². The minimum atomic E-state index is 0.649. The molecule has 2 aromatic carbocycles. The van der Waals surface area contributed by atoms with E-state index in [1.54, 1.807) is 13.2 Å². The number of hydrogen-bond acceptors (Lipinski definition) is 2. The molecule has 0 amide bonds. The van der Waals surface area contributed by atoms with E-state index in [0.29, 0.717) is 10.0 Å². The Bertz CT molecular complexity index is 663. The smallest absolute Gasteiger partial charge is 0.118 e. The number of halogens is 2. The number of rotatable bonds is 5. The molecule has 0 bridgehead atoms. The molecule has 2 nitrogen and oxygen atoms in total. The van der Waals surface area contributed by atoms with E-state index in [1.807, 2.05) is 43.3 Å². The van der Waals surface area contributed by atoms with Crippen LogP contribution in [0.4, 0.5) is 0 Å². The molecule has 0 aliphatic heterocycles. The highest BCUT2D eigenvalue weighted by molar-refractivity contribution is 6.35. The molecule has 0 spiro atoms. The van der Waals surface area contributed by atoms with Crippen molar-refractivity contribution in [2.24, 2.45) is 0 Å². The molecule has 22 heavy (non-hydrogen) atoms. The second-order valence-electron chi connectivity index (χ2n) is 5.26. The fourth-order valence-electron chi connectivity index (χ4n) is 2.21. The van der Waals surface area contributed by atoms with Crippen LogP contribution >= 0.6 is 23.2 Å². The Morgan fingerprint density at radius 3 is 2.32 bits per heavy atom. The second-order valence-corrected chi connectivity index (χ2v) is 6.10. The van der Waals surface area contributed by atoms with Crippen LogP contribution in [0.25, 0.3) is 5.57 Å². The van der Waals surface area contributed by atoms with Crippen LogP contribution in [0.1, 0.15) is 11.1 Å². The normalized spacial score (nSPS) is 11.4. The number of ether oxygens (including phenoxy) is 1. The van der Waals surface area contributed by atoms with Crippen molar-refractivity contribution >= 4 is 28.8 Å². The Kier molecular flexibility index (Phi) is 5.76. The average molecular weight is 336 g/mol. The summed E-state index contributed by atoms with van der Waals surface area (Å²) in [4.78, 5) is 2.03. The molecule has 0 atom stereocenters. The highest BCUT2D eigenvalue weighted by Crippen LogP contribution is 2.28. The van der Waals surface area contributed by atoms with Gasteiger partial charge in [-0.1, -0.05) is 41.4 Å². The summed E-state index contributed by atoms with van der Waals surface area (Å²) >= 11 is 12.3. The van der Waals surface area contributed by atoms with E-state index in [1.165, 1.54) is 5.57 Å². The summed E-state index contributed by atoms with van der Waals surface area (Å²) in [7, 11) is 5.68. The number of benzene rings is 2. The quantitative estimate of drug-likeness (QED) is 0.749. The van der Waals surface area contributed by atoms with Crippen molar-refractivity contribution in [2.45, 2.75) is 6.42 Å². The Morgan fingerprint density at radius 1 is 1.09 bits per heavy atom. The van der Waals surface area contributed by atoms with E-state index in [-0.39, 0.29) is 0 Å². The summed E-state index contributed by atoms with van der Waals surface area (Å²) < 4.78 is 5.21. The van der Waals surface area contributed by atoms with Crippen molar-refractivity contribution in [3.8, 4) is 5.75 Å². The average Bonchev–Trinajstić information content (AvgIpc) is 2.49. The van der Waals surface area contributed by atoms with Gasteiger partial charge in [0.15, 0.2) is 0 Å². The number of allylic oxidation sites excluding steroid dienone is 1. The van der Waals surface area contributed by atoms with Crippen molar-refractivity contribution < 1.29 is 4.74 Å². The van der Waals surface area contributed by atoms with Crippen LogP contribution < -0.4 is 4.74 Å². The molecule has 0 heterocycles. The molecule has 0 saturated carbocycles. The molecule has 0 unspecified atom stereocenters. The SMILES string of the molecule is COc1ccc(C(=CN(C)C)Cc2ccc(Cl)cc2Cl)cc1. The van der Waals surface area contributed by atoms with Crippen molar-refractivity contribution in [1.82, 2.24) is 4.90 Å². The Balaban J connectivity index is 2.33. The zero-order valence-electron chi connectivity index (χ0n) is 12.9. The van der Waals surface area contributed by atoms with Gasteiger partial charge in [0.25, 0.3) is 0 Å². The molecule has 0 N–H and O–H groups in total. The standard InChI is InChI=1S/C18H19Cl2NO/c1-21(2)12-15(13-5-8-17(22-3)9-6-13)10-14-4-7-16(19)11-18(14)20/h4-9,11-12H,10H2,1-3H3. The van der Waals surface area contributed by atoms with Gasteiger partial charge in [0, 0.05) is 36.8 Å². The van der Waals surface area contributed by atoms with Crippen LogP contribution in [-0.4, -0.2) is 26.1 Å². The van der Waals surface area contributed by atoms with Crippen molar-refractivity contribution in [2.75, 3.05) is 21.2 Å². The molecule has 0 aromatic heterocycles. The number of methoxy groups -OCH3 is 1. The van der Waals surface area contributed by atoms with E-state index in [2.05, 4.69) is 18.3 Å². The maximum absolute atomic E-state index is 6.30. The lowest BCUT2D eigenvalue weighted by atomic mass is 9.98. The van der Waals surface area contributed by atoms with Gasteiger partial charge >= 0.3 is 0 Å². The summed E-state index contributed by atoms with van der Waals surface area (Å²) in [5.74, 6) is 0.845. The van der Waals surface area contributed by atoms with Crippen LogP contribution in [0.3, 0.4) is 0 Å². The molecule has 2 rings (SSSR count). The molecule has 0 saturated heterocycles. The largest absolute Gasteiger partial charge is 0.497 e. The van der Waals surface area contributed by atoms with Crippen LogP contribution in [0.5, 0.6) is 5.75 Å². The Morgan fingerprint density at radius 2 is 1.77 bits per heavy atom. The first-order valence-electron chi connectivity index (χ1n) is 6.95. The summed E-state index contributed by atoms with van der Waals surface area (Å²) in [6, 6.07) is 13.6. The molecular formula is C18H19Cl2NO. The van der Waals surface area contributed by atoms with Gasteiger partial charge in [0.05, 0.1) is 7.11 Å². The third-order valence-electron chi connectivity index (χ3n) is 3.27. The molecule has 0 aliphatic carbocycles. The van der Waals surface area contributed by atoms with Gasteiger partial charge in [-0.3, -0.25) is 0 Å². The lowest BCUT2D eigenvalue weighted by Crippen LogP contribution is -2.04. The molecular weight excluding hydrogens is 317 g/mol. The lowest BCUT2D eigenvalue weighted by molar-refractivity contribution is 0.415. The Hall–Kier alpha value is -1.64. The first-order chi connectivity index (χ1) is 10.5. The zero-order valence-corrected chi connectivity index (χ0v) is 14.4. The fourth-order valence-corrected chi connectivity index (χ4v) is 2.68. The first kappa shape index (κ1) is 16.7. The van der Waals surface area contributed by atoms with Crippen LogP contribution in [-0.2, 0) is 6.42 Å². The summed E-state index contributed by atoms with van der Waals surface area (Å²) in [6.45, 7) is 0. The number of nitrogens with zero attached hydrogens (tertiary/aromatic N) is 1. The van der Waals surface area contributed by atoms with Crippen molar-refractivity contribution in [3.63, 3.8) is 0 Å². The highest BCUT2D eigenvalue weighted by atomic mass is 35.5. The lowest BCUT2D eigenvalue weighted by Gasteiger charge is -2.14. The van der Waals surface area contributed by atoms with E-state index in [4.69, 9.17) is 27.9 Å². The maximum Gasteiger partial charge on any atom is 0.118 e. The fraction of sp³-hybridized carbons (Fsp3) is 0.222. The molecule has 2 aromatic rings. The molecule has 4 heteroatoms. The minimum Gasteiger partial charge on any atom is -0.497 e. The van der Waals surface area contributed by atoms with Gasteiger partial charge in [0.2, 0.25) is 0 Å². The van der Waals surface area contributed by atoms with Gasteiger partial charge in [-0.25, -0.2) is 0 Å². The third kappa shape index (κ3) is 4.43. The topological polar surface area (TPSA) is 12.5 Å². The zero-order chi connectivity index (χ0) is 16.1. The first-order valence-corrected chi connectivity index (χ1v) is 7.70. The van der Waals surface area contributed by atoms with Crippen LogP contribution in [0.15, 0.2) is 48.7 Å². The summed E-state index contributed by atoms with van der Waals surface area (Å²) in [5, 5.41) is 1.34. The van der Waals surface area contributed by atoms with E-state index < -0.39 is 0 Å². The van der Waals surface area contributed by atoms with Crippen LogP contribution in [0.2, 0.25) is 10.0 Å². The van der Waals surface area contributed by atoms with Gasteiger partial charge in [-0.2, -0.15) is 0 Å². The van der Waals surface area contributed by atoms with Crippen LogP contribution in [0, 0.1) is 0 Å². The van der Waals surface area contributed by atoms with Gasteiger partial charge in [-0.05, 0) is 41.0 Å². The van der Waals surface area contributed by atoms with E-state index in [0.717, 1.165) is 23.3 Å². The van der Waals surface area contributed by atoms with Crippen molar-refractivity contribution in [3.05, 3.63) is 69.8 Å². The predicted molar refractivity (Wildman–Crippen MR) is 94.8 cm³/mol. The third-order valence-corrected chi connectivity index (χ3v) is 3.86. The number of hydrogen-bond donors (Lipinski definition) is 0.